The van der Waals surface area contributed by atoms with E-state index in [1.165, 1.54) is 24.3 Å². The number of ether oxygens (including phenoxy) is 1. The highest BCUT2D eigenvalue weighted by molar-refractivity contribution is 6.01. The number of morpholine rings is 1. The maximum absolute atomic E-state index is 12.1. The highest BCUT2D eigenvalue weighted by Gasteiger charge is 2.18. The van der Waals surface area contributed by atoms with Crippen LogP contribution in [0.4, 0.5) is 5.69 Å². The van der Waals surface area contributed by atoms with Gasteiger partial charge in [-0.3, -0.25) is 20.3 Å². The zero-order chi connectivity index (χ0) is 15.9. The van der Waals surface area contributed by atoms with Crippen molar-refractivity contribution in [2.24, 2.45) is 0 Å². The van der Waals surface area contributed by atoms with Gasteiger partial charge in [0.05, 0.1) is 23.7 Å². The highest BCUT2D eigenvalue weighted by Crippen LogP contribution is 2.20. The molecular weight excluding hydrogens is 288 g/mol. The molecule has 0 radical (unpaired) electrons. The second-order valence-electron chi connectivity index (χ2n) is 4.53. The number of benzene rings is 1. The van der Waals surface area contributed by atoms with Gasteiger partial charge in [-0.05, 0) is 12.1 Å². The summed E-state index contributed by atoms with van der Waals surface area (Å²) in [4.78, 5) is 22.5. The molecule has 1 amide bonds. The summed E-state index contributed by atoms with van der Waals surface area (Å²) >= 11 is 0. The van der Waals surface area contributed by atoms with E-state index in [1.54, 1.807) is 17.1 Å². The van der Waals surface area contributed by atoms with Gasteiger partial charge in [0.2, 0.25) is 0 Å². The Morgan fingerprint density at radius 3 is 2.73 bits per heavy atom. The third kappa shape index (κ3) is 3.88. The summed E-state index contributed by atoms with van der Waals surface area (Å²) in [5.41, 5.74) is 2.45. The van der Waals surface area contributed by atoms with Crippen molar-refractivity contribution >= 4 is 17.7 Å². The fourth-order valence-electron chi connectivity index (χ4n) is 1.96. The molecule has 0 aliphatic carbocycles. The molecule has 2 rings (SSSR count). The largest absolute Gasteiger partial charge is 0.379 e. The Bertz CT molecular complexity index is 644. The number of carbonyl (C=O) groups is 1. The highest BCUT2D eigenvalue weighted by atomic mass is 16.6. The van der Waals surface area contributed by atoms with E-state index in [4.69, 9.17) is 10.00 Å². The molecule has 0 atom stereocenters. The monoisotopic (exact) mass is 302 g/mol. The Morgan fingerprint density at radius 1 is 1.41 bits per heavy atom. The standard InChI is InChI=1S/C14H14N4O4/c15-10-12(14(19)16-17-5-7-22-8-6-17)9-11-3-1-2-4-13(11)18(20)21/h1-4,9H,5-8H2,(H,16,19)/b12-9+. The maximum atomic E-state index is 12.1. The summed E-state index contributed by atoms with van der Waals surface area (Å²) in [6, 6.07) is 7.71. The van der Waals surface area contributed by atoms with Gasteiger partial charge >= 0.3 is 0 Å². The summed E-state index contributed by atoms with van der Waals surface area (Å²) in [6.45, 7) is 2.04. The minimum atomic E-state index is -0.595. The molecule has 8 nitrogen and oxygen atoms in total. The van der Waals surface area contributed by atoms with Gasteiger partial charge in [-0.15, -0.1) is 0 Å². The van der Waals surface area contributed by atoms with Gasteiger partial charge in [0, 0.05) is 19.2 Å². The van der Waals surface area contributed by atoms with E-state index in [0.29, 0.717) is 26.3 Å². The molecular formula is C14H14N4O4. The number of rotatable bonds is 4. The molecule has 1 aliphatic heterocycles. The van der Waals surface area contributed by atoms with Crippen LogP contribution < -0.4 is 5.43 Å². The van der Waals surface area contributed by atoms with Crippen LogP contribution in [0.15, 0.2) is 29.8 Å². The summed E-state index contributed by atoms with van der Waals surface area (Å²) in [5, 5.41) is 21.7. The average molecular weight is 302 g/mol. The van der Waals surface area contributed by atoms with E-state index in [2.05, 4.69) is 5.43 Å². The zero-order valence-electron chi connectivity index (χ0n) is 11.7. The second kappa shape index (κ2) is 7.31. The van der Waals surface area contributed by atoms with Gasteiger partial charge in [0.15, 0.2) is 0 Å². The lowest BCUT2D eigenvalue weighted by Gasteiger charge is -2.26. The number of hydrazine groups is 1. The predicted molar refractivity (Wildman–Crippen MR) is 77.2 cm³/mol. The van der Waals surface area contributed by atoms with Gasteiger partial charge < -0.3 is 4.74 Å². The lowest BCUT2D eigenvalue weighted by Crippen LogP contribution is -2.48. The van der Waals surface area contributed by atoms with Crippen molar-refractivity contribution in [1.29, 1.82) is 5.26 Å². The van der Waals surface area contributed by atoms with Gasteiger partial charge in [-0.25, -0.2) is 5.01 Å². The summed E-state index contributed by atoms with van der Waals surface area (Å²) < 4.78 is 5.16. The van der Waals surface area contributed by atoms with E-state index in [9.17, 15) is 14.9 Å². The number of nitro groups is 1. The quantitative estimate of drug-likeness (QED) is 0.382. The number of nitrogens with zero attached hydrogens (tertiary/aromatic N) is 3. The number of hydrogen-bond acceptors (Lipinski definition) is 6. The third-order valence-corrected chi connectivity index (χ3v) is 3.07. The number of amides is 1. The van der Waals surface area contributed by atoms with E-state index < -0.39 is 10.8 Å². The Morgan fingerprint density at radius 2 is 2.09 bits per heavy atom. The van der Waals surface area contributed by atoms with Crippen molar-refractivity contribution in [3.63, 3.8) is 0 Å². The van der Waals surface area contributed by atoms with Crippen LogP contribution in [-0.4, -0.2) is 42.1 Å². The molecule has 0 spiro atoms. The molecule has 0 bridgehead atoms. The fourth-order valence-corrected chi connectivity index (χ4v) is 1.96. The van der Waals surface area contributed by atoms with E-state index in [1.807, 2.05) is 0 Å². The van der Waals surface area contributed by atoms with Crippen LogP contribution in [0.3, 0.4) is 0 Å². The SMILES string of the molecule is N#C/C(=C\c1ccccc1[N+](=O)[O-])C(=O)NN1CCOCC1. The van der Waals surface area contributed by atoms with E-state index >= 15 is 0 Å². The first-order chi connectivity index (χ1) is 10.6. The number of para-hydroxylation sites is 1. The first kappa shape index (κ1) is 15.6. The molecule has 0 aromatic heterocycles. The van der Waals surface area contributed by atoms with Crippen molar-refractivity contribution in [3.05, 3.63) is 45.5 Å². The summed E-state index contributed by atoms with van der Waals surface area (Å²) in [6.07, 6.45) is 1.22. The van der Waals surface area contributed by atoms with Crippen molar-refractivity contribution in [2.75, 3.05) is 26.3 Å². The molecule has 0 saturated carbocycles. The van der Waals surface area contributed by atoms with Crippen LogP contribution in [0.1, 0.15) is 5.56 Å². The maximum Gasteiger partial charge on any atom is 0.276 e. The normalized spacial score (nSPS) is 15.9. The van der Waals surface area contributed by atoms with Crippen molar-refractivity contribution in [3.8, 4) is 6.07 Å². The topological polar surface area (TPSA) is 108 Å². The first-order valence-corrected chi connectivity index (χ1v) is 6.60. The Hall–Kier alpha value is -2.76. The predicted octanol–water partition coefficient (Wildman–Crippen LogP) is 0.865. The van der Waals surface area contributed by atoms with Gasteiger partial charge in [0.25, 0.3) is 11.6 Å². The number of carbonyl (C=O) groups excluding carboxylic acids is 1. The first-order valence-electron chi connectivity index (χ1n) is 6.60. The minimum absolute atomic E-state index is 0.158. The molecule has 1 heterocycles. The third-order valence-electron chi connectivity index (χ3n) is 3.07. The molecule has 0 unspecified atom stereocenters. The second-order valence-corrected chi connectivity index (χ2v) is 4.53. The van der Waals surface area contributed by atoms with Gasteiger partial charge in [-0.2, -0.15) is 5.26 Å². The molecule has 1 fully saturated rings. The Balaban J connectivity index is 2.18. The molecule has 1 saturated heterocycles. The Labute approximate surface area is 126 Å². The molecule has 22 heavy (non-hydrogen) atoms. The van der Waals surface area contributed by atoms with Crippen molar-refractivity contribution in [2.45, 2.75) is 0 Å². The van der Waals surface area contributed by atoms with Crippen LogP contribution in [0.2, 0.25) is 0 Å². The van der Waals surface area contributed by atoms with Crippen LogP contribution in [-0.2, 0) is 9.53 Å². The minimum Gasteiger partial charge on any atom is -0.379 e. The number of nitrogens with one attached hydrogen (secondary N) is 1. The molecule has 1 aromatic carbocycles. The lowest BCUT2D eigenvalue weighted by molar-refractivity contribution is -0.385. The van der Waals surface area contributed by atoms with Crippen LogP contribution >= 0.6 is 0 Å². The van der Waals surface area contributed by atoms with Crippen molar-refractivity contribution in [1.82, 2.24) is 10.4 Å². The zero-order valence-corrected chi connectivity index (χ0v) is 11.7. The summed E-state index contributed by atoms with van der Waals surface area (Å²) in [5.74, 6) is -0.595. The summed E-state index contributed by atoms with van der Waals surface area (Å²) in [7, 11) is 0. The molecule has 114 valence electrons. The van der Waals surface area contributed by atoms with Crippen LogP contribution in [0.25, 0.3) is 6.08 Å². The molecule has 8 heteroatoms. The van der Waals surface area contributed by atoms with Crippen LogP contribution in [0, 0.1) is 21.4 Å². The van der Waals surface area contributed by atoms with Crippen molar-refractivity contribution < 1.29 is 14.5 Å². The van der Waals surface area contributed by atoms with E-state index in [-0.39, 0.29) is 16.8 Å². The smallest absolute Gasteiger partial charge is 0.276 e. The number of nitro benzene ring substituents is 1. The van der Waals surface area contributed by atoms with E-state index in [0.717, 1.165) is 0 Å². The van der Waals surface area contributed by atoms with Gasteiger partial charge in [-0.1, -0.05) is 12.1 Å². The average Bonchev–Trinajstić information content (AvgIpc) is 2.53. The van der Waals surface area contributed by atoms with Gasteiger partial charge in [0.1, 0.15) is 11.6 Å². The van der Waals surface area contributed by atoms with Crippen LogP contribution in [0.5, 0.6) is 0 Å². The number of nitriles is 1. The lowest BCUT2D eigenvalue weighted by atomic mass is 10.1. The molecule has 1 aliphatic rings. The molecule has 1 aromatic rings. The fraction of sp³-hybridized carbons (Fsp3) is 0.286. The Kier molecular flexibility index (Phi) is 5.19. The number of hydrogen-bond donors (Lipinski definition) is 1. The molecule has 1 N–H and O–H groups in total.